The van der Waals surface area contributed by atoms with Crippen LogP contribution in [0.2, 0.25) is 5.02 Å². The molecule has 0 atom stereocenters. The zero-order chi connectivity index (χ0) is 19.9. The van der Waals surface area contributed by atoms with Gasteiger partial charge in [-0.15, -0.1) is 0 Å². The highest BCUT2D eigenvalue weighted by molar-refractivity contribution is 7.85. The number of hydrogen-bond donors (Lipinski definition) is 3. The van der Waals surface area contributed by atoms with E-state index in [1.165, 1.54) is 18.3 Å². The predicted molar refractivity (Wildman–Crippen MR) is 102 cm³/mol. The lowest BCUT2D eigenvalue weighted by molar-refractivity contribution is -0.112. The van der Waals surface area contributed by atoms with Gasteiger partial charge in [-0.1, -0.05) is 23.7 Å². The number of carbonyl (C=O) groups excluding carboxylic acids is 1. The summed E-state index contributed by atoms with van der Waals surface area (Å²) in [5.74, 6) is -0.643. The zero-order valence-corrected chi connectivity index (χ0v) is 15.6. The third-order valence-corrected chi connectivity index (χ3v) is 4.61. The van der Waals surface area contributed by atoms with E-state index >= 15 is 0 Å². The molecule has 1 amide bonds. The normalized spacial score (nSPS) is 11.5. The van der Waals surface area contributed by atoms with Crippen molar-refractivity contribution in [2.75, 3.05) is 11.9 Å². The van der Waals surface area contributed by atoms with Crippen LogP contribution in [0.3, 0.4) is 0 Å². The predicted octanol–water partition coefficient (Wildman–Crippen LogP) is 2.76. The molecule has 27 heavy (non-hydrogen) atoms. The Bertz CT molecular complexity index is 979. The third-order valence-electron chi connectivity index (χ3n) is 3.49. The van der Waals surface area contributed by atoms with Gasteiger partial charge >= 0.3 is 0 Å². The van der Waals surface area contributed by atoms with Crippen molar-refractivity contribution in [3.05, 3.63) is 70.9 Å². The number of nitriles is 1. The summed E-state index contributed by atoms with van der Waals surface area (Å²) in [6.45, 7) is 0.517. The Morgan fingerprint density at radius 1 is 1.15 bits per heavy atom. The number of rotatable bonds is 7. The SMILES string of the molecule is N#C/C(=C/NCCc1ccc(Cl)cc1)C(=O)Nc1ccc(S(=O)(=O)O)cc1. The zero-order valence-electron chi connectivity index (χ0n) is 14.0. The van der Waals surface area contributed by atoms with Crippen LogP contribution >= 0.6 is 11.6 Å². The number of halogens is 1. The van der Waals surface area contributed by atoms with Crippen LogP contribution in [-0.4, -0.2) is 25.4 Å². The van der Waals surface area contributed by atoms with Gasteiger partial charge in [0.1, 0.15) is 11.6 Å². The summed E-state index contributed by atoms with van der Waals surface area (Å²) < 4.78 is 30.9. The van der Waals surface area contributed by atoms with Gasteiger partial charge < -0.3 is 10.6 Å². The molecule has 0 saturated carbocycles. The van der Waals surface area contributed by atoms with Crippen LogP contribution in [0, 0.1) is 11.3 Å². The fourth-order valence-electron chi connectivity index (χ4n) is 2.10. The highest BCUT2D eigenvalue weighted by Crippen LogP contribution is 2.14. The van der Waals surface area contributed by atoms with E-state index in [9.17, 15) is 13.2 Å². The Morgan fingerprint density at radius 3 is 2.33 bits per heavy atom. The van der Waals surface area contributed by atoms with Crippen LogP contribution in [0.5, 0.6) is 0 Å². The maximum absolute atomic E-state index is 12.1. The monoisotopic (exact) mass is 405 g/mol. The molecule has 2 aromatic carbocycles. The second kappa shape index (κ2) is 9.19. The maximum atomic E-state index is 12.1. The lowest BCUT2D eigenvalue weighted by Gasteiger charge is -2.06. The standard InChI is InChI=1S/C18H16ClN3O4S/c19-15-3-1-13(2-4-15)9-10-21-12-14(11-20)18(23)22-16-5-7-17(8-6-16)27(24,25)26/h1-8,12,21H,9-10H2,(H,22,23)(H,24,25,26)/b14-12-. The van der Waals surface area contributed by atoms with Crippen molar-refractivity contribution in [1.82, 2.24) is 5.32 Å². The smallest absolute Gasteiger partial charge is 0.294 e. The number of nitrogens with zero attached hydrogens (tertiary/aromatic N) is 1. The highest BCUT2D eigenvalue weighted by Gasteiger charge is 2.11. The summed E-state index contributed by atoms with van der Waals surface area (Å²) >= 11 is 5.82. The average Bonchev–Trinajstić information content (AvgIpc) is 2.63. The molecule has 0 saturated heterocycles. The van der Waals surface area contributed by atoms with Gasteiger partial charge in [-0.2, -0.15) is 13.7 Å². The minimum atomic E-state index is -4.30. The molecule has 2 rings (SSSR count). The first-order valence-electron chi connectivity index (χ1n) is 7.76. The van der Waals surface area contributed by atoms with Crippen molar-refractivity contribution >= 4 is 33.3 Å². The lowest BCUT2D eigenvalue weighted by Crippen LogP contribution is -2.18. The molecule has 0 heterocycles. The Kier molecular flexibility index (Phi) is 6.96. The molecule has 2 aromatic rings. The van der Waals surface area contributed by atoms with E-state index < -0.39 is 16.0 Å². The summed E-state index contributed by atoms with van der Waals surface area (Å²) in [4.78, 5) is 11.8. The van der Waals surface area contributed by atoms with E-state index in [0.29, 0.717) is 18.0 Å². The quantitative estimate of drug-likeness (QED) is 0.282. The summed E-state index contributed by atoms with van der Waals surface area (Å²) in [7, 11) is -4.30. The fourth-order valence-corrected chi connectivity index (χ4v) is 2.71. The number of carbonyl (C=O) groups is 1. The molecule has 3 N–H and O–H groups in total. The summed E-state index contributed by atoms with van der Waals surface area (Å²) in [6, 6.07) is 14.1. The molecule has 0 aromatic heterocycles. The second-order valence-electron chi connectivity index (χ2n) is 5.45. The van der Waals surface area contributed by atoms with Crippen molar-refractivity contribution in [1.29, 1.82) is 5.26 Å². The molecule has 0 aliphatic carbocycles. The number of anilines is 1. The number of amides is 1. The summed E-state index contributed by atoms with van der Waals surface area (Å²) in [6.07, 6.45) is 2.00. The summed E-state index contributed by atoms with van der Waals surface area (Å²) in [5, 5.41) is 15.2. The van der Waals surface area contributed by atoms with Crippen molar-refractivity contribution in [3.8, 4) is 6.07 Å². The highest BCUT2D eigenvalue weighted by atomic mass is 35.5. The van der Waals surface area contributed by atoms with Crippen molar-refractivity contribution in [2.45, 2.75) is 11.3 Å². The number of hydrogen-bond acceptors (Lipinski definition) is 5. The molecular weight excluding hydrogens is 390 g/mol. The van der Waals surface area contributed by atoms with Gasteiger partial charge in [-0.3, -0.25) is 9.35 Å². The molecule has 7 nitrogen and oxygen atoms in total. The van der Waals surface area contributed by atoms with E-state index in [-0.39, 0.29) is 16.2 Å². The third kappa shape index (κ3) is 6.42. The Hall–Kier alpha value is -2.86. The molecule has 140 valence electrons. The first kappa shape index (κ1) is 20.5. The molecule has 9 heteroatoms. The van der Waals surface area contributed by atoms with E-state index in [1.54, 1.807) is 18.2 Å². The molecule has 0 radical (unpaired) electrons. The van der Waals surface area contributed by atoms with Gasteiger partial charge in [-0.25, -0.2) is 0 Å². The molecule has 0 aliphatic heterocycles. The Labute approximate surface area is 162 Å². The van der Waals surface area contributed by atoms with E-state index in [0.717, 1.165) is 17.7 Å². The molecule has 0 aliphatic rings. The minimum absolute atomic E-state index is 0.134. The van der Waals surface area contributed by atoms with Crippen LogP contribution < -0.4 is 10.6 Å². The molecule has 0 spiro atoms. The van der Waals surface area contributed by atoms with Crippen LogP contribution in [-0.2, 0) is 21.3 Å². The van der Waals surface area contributed by atoms with Gasteiger partial charge in [0.2, 0.25) is 0 Å². The maximum Gasteiger partial charge on any atom is 0.294 e. The molecule has 0 unspecified atom stereocenters. The molecular formula is C18H16ClN3O4S. The van der Waals surface area contributed by atoms with Crippen LogP contribution in [0.1, 0.15) is 5.56 Å². The van der Waals surface area contributed by atoms with Gasteiger partial charge in [0.05, 0.1) is 4.90 Å². The Morgan fingerprint density at radius 2 is 1.78 bits per heavy atom. The van der Waals surface area contributed by atoms with E-state index in [4.69, 9.17) is 21.4 Å². The van der Waals surface area contributed by atoms with Crippen LogP contribution in [0.15, 0.2) is 65.2 Å². The number of nitrogens with one attached hydrogen (secondary N) is 2. The Balaban J connectivity index is 1.91. The van der Waals surface area contributed by atoms with E-state index in [2.05, 4.69) is 10.6 Å². The van der Waals surface area contributed by atoms with Gasteiger partial charge in [0, 0.05) is 23.5 Å². The van der Waals surface area contributed by atoms with E-state index in [1.807, 2.05) is 12.1 Å². The first-order valence-corrected chi connectivity index (χ1v) is 9.58. The fraction of sp³-hybridized carbons (Fsp3) is 0.111. The van der Waals surface area contributed by atoms with Gasteiger partial charge in [0.25, 0.3) is 16.0 Å². The first-order chi connectivity index (χ1) is 12.8. The topological polar surface area (TPSA) is 119 Å². The minimum Gasteiger partial charge on any atom is -0.389 e. The number of benzene rings is 2. The van der Waals surface area contributed by atoms with Crippen molar-refractivity contribution < 1.29 is 17.8 Å². The van der Waals surface area contributed by atoms with Crippen molar-refractivity contribution in [3.63, 3.8) is 0 Å². The largest absolute Gasteiger partial charge is 0.389 e. The van der Waals surface area contributed by atoms with Gasteiger partial charge in [0.15, 0.2) is 0 Å². The summed E-state index contributed by atoms with van der Waals surface area (Å²) in [5.41, 5.74) is 1.21. The lowest BCUT2D eigenvalue weighted by atomic mass is 10.1. The van der Waals surface area contributed by atoms with Gasteiger partial charge in [-0.05, 0) is 48.4 Å². The molecule has 0 bridgehead atoms. The van der Waals surface area contributed by atoms with Crippen LogP contribution in [0.4, 0.5) is 5.69 Å². The average molecular weight is 406 g/mol. The molecule has 0 fully saturated rings. The van der Waals surface area contributed by atoms with Crippen LogP contribution in [0.25, 0.3) is 0 Å². The second-order valence-corrected chi connectivity index (χ2v) is 7.31. The van der Waals surface area contributed by atoms with Crippen molar-refractivity contribution in [2.24, 2.45) is 0 Å².